The van der Waals surface area contributed by atoms with Gasteiger partial charge in [-0.25, -0.2) is 0 Å². The van der Waals surface area contributed by atoms with E-state index in [1.807, 2.05) is 36.4 Å². The van der Waals surface area contributed by atoms with Gasteiger partial charge in [0, 0.05) is 23.0 Å². The zero-order valence-electron chi connectivity index (χ0n) is 18.0. The second-order valence-electron chi connectivity index (χ2n) is 8.30. The second kappa shape index (κ2) is 9.73. The van der Waals surface area contributed by atoms with Crippen LogP contribution in [0.4, 0.5) is 0 Å². The number of rotatable bonds is 6. The van der Waals surface area contributed by atoms with Crippen LogP contribution < -0.4 is 5.32 Å². The molecule has 2 fully saturated rings. The Morgan fingerprint density at radius 1 is 1.18 bits per heavy atom. The van der Waals surface area contributed by atoms with Crippen molar-refractivity contribution in [1.82, 2.24) is 19.8 Å². The van der Waals surface area contributed by atoms with E-state index in [4.69, 9.17) is 4.74 Å². The lowest BCUT2D eigenvalue weighted by molar-refractivity contribution is -0.138. The second-order valence-corrected chi connectivity index (χ2v) is 10.00. The van der Waals surface area contributed by atoms with Crippen molar-refractivity contribution in [2.45, 2.75) is 31.0 Å². The average Bonchev–Trinajstić information content (AvgIpc) is 3.60. The molecule has 2 aromatic carbocycles. The SMILES string of the molecule is O=C(NC(Cc1ccc(Br)cc1)C(=O)N1CCC2OCC(=O)C21)c1ccc(-c2cnns2)cc1. The number of carbonyl (C=O) groups is 3. The summed E-state index contributed by atoms with van der Waals surface area (Å²) in [5, 5.41) is 6.74. The van der Waals surface area contributed by atoms with E-state index in [1.54, 1.807) is 23.2 Å². The largest absolute Gasteiger partial charge is 0.368 e. The predicted octanol–water partition coefficient (Wildman–Crippen LogP) is 2.88. The number of nitrogens with zero attached hydrogens (tertiary/aromatic N) is 3. The number of nitrogens with one attached hydrogen (secondary N) is 1. The van der Waals surface area contributed by atoms with Gasteiger partial charge in [0.05, 0.1) is 17.2 Å². The normalized spacial score (nSPS) is 20.3. The number of benzene rings is 2. The Bertz CT molecular complexity index is 1200. The van der Waals surface area contributed by atoms with Gasteiger partial charge in [-0.05, 0) is 53.3 Å². The molecule has 3 atom stereocenters. The number of fused-ring (bicyclic) bond motifs is 1. The lowest BCUT2D eigenvalue weighted by Crippen LogP contribution is -2.53. The molecule has 1 aromatic heterocycles. The van der Waals surface area contributed by atoms with Gasteiger partial charge in [0.1, 0.15) is 18.7 Å². The molecule has 2 amide bonds. The van der Waals surface area contributed by atoms with Gasteiger partial charge in [0.2, 0.25) is 5.91 Å². The zero-order chi connectivity index (χ0) is 23.7. The maximum absolute atomic E-state index is 13.6. The van der Waals surface area contributed by atoms with Crippen molar-refractivity contribution in [3.63, 3.8) is 0 Å². The average molecular weight is 541 g/mol. The first kappa shape index (κ1) is 22.8. The van der Waals surface area contributed by atoms with E-state index in [-0.39, 0.29) is 30.3 Å². The van der Waals surface area contributed by atoms with Gasteiger partial charge in [-0.1, -0.05) is 44.7 Å². The van der Waals surface area contributed by atoms with Crippen molar-refractivity contribution in [1.29, 1.82) is 0 Å². The Morgan fingerprint density at radius 2 is 1.94 bits per heavy atom. The Hall–Kier alpha value is -2.95. The highest BCUT2D eigenvalue weighted by molar-refractivity contribution is 9.10. The summed E-state index contributed by atoms with van der Waals surface area (Å²) < 4.78 is 10.3. The molecule has 10 heteroatoms. The van der Waals surface area contributed by atoms with Gasteiger partial charge < -0.3 is 15.0 Å². The molecule has 3 heterocycles. The van der Waals surface area contributed by atoms with E-state index >= 15 is 0 Å². The summed E-state index contributed by atoms with van der Waals surface area (Å²) in [4.78, 5) is 41.5. The van der Waals surface area contributed by atoms with E-state index in [1.165, 1.54) is 11.5 Å². The molecule has 2 saturated heterocycles. The number of amides is 2. The first-order valence-electron chi connectivity index (χ1n) is 10.9. The molecular formula is C24H21BrN4O4S. The van der Waals surface area contributed by atoms with E-state index in [2.05, 4.69) is 30.8 Å². The Labute approximate surface area is 208 Å². The van der Waals surface area contributed by atoms with Crippen molar-refractivity contribution >= 4 is 45.1 Å². The predicted molar refractivity (Wildman–Crippen MR) is 129 cm³/mol. The number of aromatic nitrogens is 2. The van der Waals surface area contributed by atoms with Gasteiger partial charge >= 0.3 is 0 Å². The minimum Gasteiger partial charge on any atom is -0.368 e. The van der Waals surface area contributed by atoms with Crippen LogP contribution in [0, 0.1) is 0 Å². The molecule has 1 N–H and O–H groups in total. The highest BCUT2D eigenvalue weighted by atomic mass is 79.9. The maximum Gasteiger partial charge on any atom is 0.251 e. The van der Waals surface area contributed by atoms with Crippen LogP contribution in [0.5, 0.6) is 0 Å². The van der Waals surface area contributed by atoms with Crippen LogP contribution in [0.25, 0.3) is 10.4 Å². The Kier molecular flexibility index (Phi) is 6.53. The maximum atomic E-state index is 13.6. The molecule has 3 unspecified atom stereocenters. The Balaban J connectivity index is 1.36. The highest BCUT2D eigenvalue weighted by Crippen LogP contribution is 2.28. The molecule has 0 aliphatic carbocycles. The smallest absolute Gasteiger partial charge is 0.251 e. The van der Waals surface area contributed by atoms with Gasteiger partial charge in [-0.15, -0.1) is 5.10 Å². The lowest BCUT2D eigenvalue weighted by atomic mass is 10.0. The summed E-state index contributed by atoms with van der Waals surface area (Å²) in [6, 6.07) is 13.3. The zero-order valence-corrected chi connectivity index (χ0v) is 20.4. The molecule has 174 valence electrons. The van der Waals surface area contributed by atoms with Crippen LogP contribution in [-0.2, 0) is 20.7 Å². The third kappa shape index (κ3) is 4.66. The number of ketones is 1. The monoisotopic (exact) mass is 540 g/mol. The molecule has 0 saturated carbocycles. The quantitative estimate of drug-likeness (QED) is 0.515. The fraction of sp³-hybridized carbons (Fsp3) is 0.292. The van der Waals surface area contributed by atoms with Crippen molar-refractivity contribution in [3.8, 4) is 10.4 Å². The molecule has 3 aromatic rings. The summed E-state index contributed by atoms with van der Waals surface area (Å²) in [7, 11) is 0. The summed E-state index contributed by atoms with van der Waals surface area (Å²) in [6.45, 7) is 0.467. The first-order valence-corrected chi connectivity index (χ1v) is 12.4. The van der Waals surface area contributed by atoms with Crippen LogP contribution >= 0.6 is 27.5 Å². The topological polar surface area (TPSA) is 101 Å². The van der Waals surface area contributed by atoms with Crippen LogP contribution in [0.3, 0.4) is 0 Å². The van der Waals surface area contributed by atoms with Crippen molar-refractivity contribution in [2.75, 3.05) is 13.2 Å². The fourth-order valence-electron chi connectivity index (χ4n) is 4.42. The van der Waals surface area contributed by atoms with E-state index in [0.717, 1.165) is 20.5 Å². The van der Waals surface area contributed by atoms with Crippen molar-refractivity contribution in [3.05, 3.63) is 70.3 Å². The van der Waals surface area contributed by atoms with Gasteiger partial charge in [-0.2, -0.15) is 0 Å². The highest BCUT2D eigenvalue weighted by Gasteiger charge is 2.48. The van der Waals surface area contributed by atoms with E-state index < -0.39 is 12.1 Å². The standard InChI is InChI=1S/C24H21BrN4O4S/c25-17-7-1-14(2-8-17)11-18(24(32)29-10-9-20-22(29)19(30)13-33-20)27-23(31)16-5-3-15(4-6-16)21-12-26-28-34-21/h1-8,12,18,20,22H,9-11,13H2,(H,27,31). The summed E-state index contributed by atoms with van der Waals surface area (Å²) in [5.74, 6) is -0.707. The van der Waals surface area contributed by atoms with Crippen LogP contribution in [0.15, 0.2) is 59.2 Å². The lowest BCUT2D eigenvalue weighted by Gasteiger charge is -2.27. The number of ether oxygens (including phenoxy) is 1. The number of Topliss-reactive ketones (excluding diaryl/α,β-unsaturated/α-hetero) is 1. The summed E-state index contributed by atoms with van der Waals surface area (Å²) >= 11 is 4.70. The molecule has 0 bridgehead atoms. The van der Waals surface area contributed by atoms with Gasteiger partial charge in [-0.3, -0.25) is 14.4 Å². The van der Waals surface area contributed by atoms with Crippen LogP contribution in [-0.4, -0.2) is 63.4 Å². The third-order valence-corrected chi connectivity index (χ3v) is 7.39. The number of halogens is 1. The van der Waals surface area contributed by atoms with Gasteiger partial charge in [0.25, 0.3) is 5.91 Å². The van der Waals surface area contributed by atoms with Gasteiger partial charge in [0.15, 0.2) is 5.78 Å². The molecule has 8 nitrogen and oxygen atoms in total. The molecule has 2 aliphatic heterocycles. The molecule has 5 rings (SSSR count). The number of hydrogen-bond acceptors (Lipinski definition) is 7. The molecule has 34 heavy (non-hydrogen) atoms. The van der Waals surface area contributed by atoms with Crippen LogP contribution in [0.1, 0.15) is 22.3 Å². The van der Waals surface area contributed by atoms with Crippen LogP contribution in [0.2, 0.25) is 0 Å². The third-order valence-electron chi connectivity index (χ3n) is 6.14. The number of carbonyl (C=O) groups excluding carboxylic acids is 3. The van der Waals surface area contributed by atoms with E-state index in [0.29, 0.717) is 24.9 Å². The summed E-state index contributed by atoms with van der Waals surface area (Å²) in [5.41, 5.74) is 2.26. The minimum absolute atomic E-state index is 0.0322. The fourth-order valence-corrected chi connectivity index (χ4v) is 5.20. The number of likely N-dealkylation sites (tertiary alicyclic amines) is 1. The summed E-state index contributed by atoms with van der Waals surface area (Å²) in [6.07, 6.45) is 2.35. The molecule has 0 radical (unpaired) electrons. The van der Waals surface area contributed by atoms with Crippen molar-refractivity contribution in [2.24, 2.45) is 0 Å². The van der Waals surface area contributed by atoms with Crippen molar-refractivity contribution < 1.29 is 19.1 Å². The molecular weight excluding hydrogens is 520 g/mol. The van der Waals surface area contributed by atoms with E-state index in [9.17, 15) is 14.4 Å². The first-order chi connectivity index (χ1) is 16.5. The molecule has 0 spiro atoms. The number of hydrogen-bond donors (Lipinski definition) is 1. The Morgan fingerprint density at radius 3 is 2.65 bits per heavy atom. The minimum atomic E-state index is -0.814. The molecule has 2 aliphatic rings.